The number of hydrogen-bond donors (Lipinski definition) is 1. The van der Waals surface area contributed by atoms with Crippen LogP contribution in [0.3, 0.4) is 0 Å². The topological polar surface area (TPSA) is 111 Å². The van der Waals surface area contributed by atoms with E-state index in [1.165, 1.54) is 6.42 Å². The highest BCUT2D eigenvalue weighted by Gasteiger charge is 2.38. The highest BCUT2D eigenvalue weighted by molar-refractivity contribution is 6.35. The van der Waals surface area contributed by atoms with E-state index in [1.807, 2.05) is 110 Å². The predicted octanol–water partition coefficient (Wildman–Crippen LogP) is 11.2. The van der Waals surface area contributed by atoms with Crippen molar-refractivity contribution in [3.63, 3.8) is 0 Å². The summed E-state index contributed by atoms with van der Waals surface area (Å²) in [6.07, 6.45) is 4.65. The highest BCUT2D eigenvalue weighted by Crippen LogP contribution is 2.46. The molecule has 0 spiro atoms. The van der Waals surface area contributed by atoms with E-state index in [9.17, 15) is 9.90 Å². The van der Waals surface area contributed by atoms with Gasteiger partial charge < -0.3 is 28.8 Å². The van der Waals surface area contributed by atoms with Crippen LogP contribution in [0.5, 0.6) is 5.75 Å². The van der Waals surface area contributed by atoms with Gasteiger partial charge in [-0.1, -0.05) is 35.3 Å². The minimum atomic E-state index is -1.04. The van der Waals surface area contributed by atoms with Crippen LogP contribution in [0.1, 0.15) is 99.0 Å². The molecule has 9 rings (SSSR count). The lowest BCUT2D eigenvalue weighted by atomic mass is 9.98. The summed E-state index contributed by atoms with van der Waals surface area (Å²) in [5.74, 6) is 0.454. The van der Waals surface area contributed by atoms with Crippen molar-refractivity contribution in [1.82, 2.24) is 23.9 Å². The monoisotopic (exact) mass is 885 g/mol. The Bertz CT molecular complexity index is 2950. The molecule has 0 unspecified atom stereocenters. The summed E-state index contributed by atoms with van der Waals surface area (Å²) in [5.41, 5.74) is 11.1. The van der Waals surface area contributed by atoms with Crippen LogP contribution < -0.4 is 14.5 Å². The van der Waals surface area contributed by atoms with Gasteiger partial charge in [0.2, 0.25) is 0 Å². The molecule has 1 amide bonds. The summed E-state index contributed by atoms with van der Waals surface area (Å²) >= 11 is 13.7. The molecule has 3 aromatic carbocycles. The molecule has 326 valence electrons. The second-order valence-electron chi connectivity index (χ2n) is 17.5. The fourth-order valence-electron chi connectivity index (χ4n) is 10.0. The summed E-state index contributed by atoms with van der Waals surface area (Å²) in [6.45, 7) is 15.0. The Hall–Kier alpha value is -5.78. The maximum absolute atomic E-state index is 15.6. The Morgan fingerprint density at radius 1 is 0.921 bits per heavy atom. The van der Waals surface area contributed by atoms with Crippen molar-refractivity contribution >= 4 is 68.4 Å². The maximum Gasteiger partial charge on any atom is 0.352 e. The first-order chi connectivity index (χ1) is 30.2. The first kappa shape index (κ1) is 42.5. The predicted molar refractivity (Wildman–Crippen MR) is 253 cm³/mol. The van der Waals surface area contributed by atoms with Gasteiger partial charge in [0, 0.05) is 65.3 Å². The minimum absolute atomic E-state index is 0.141. The van der Waals surface area contributed by atoms with Crippen LogP contribution in [-0.4, -0.2) is 67.1 Å². The fourth-order valence-corrected chi connectivity index (χ4v) is 10.4. The van der Waals surface area contributed by atoms with Crippen LogP contribution in [0.2, 0.25) is 10.0 Å². The Morgan fingerprint density at radius 3 is 2.37 bits per heavy atom. The molecule has 1 fully saturated rings. The van der Waals surface area contributed by atoms with Crippen LogP contribution in [0.4, 0.5) is 11.5 Å². The number of piperidine rings is 1. The van der Waals surface area contributed by atoms with Crippen molar-refractivity contribution in [2.24, 2.45) is 7.05 Å². The molecule has 13 heteroatoms. The lowest BCUT2D eigenvalue weighted by Crippen LogP contribution is -2.43. The standard InChI is InChI=1S/C50H53Cl2N7O4/c1-28-21-34-25-41(50(61)62)57(27-35-13-11-15-42(53-35)56-18-9-8-10-19-56)46(34)40(22-28)58-26-31(4)59-47-38(16-17-39(51)44(47)43-32(5)54-55(7)33(43)6)37(48(59)49(58)60)14-12-20-63-36-23-29(2)45(52)30(3)24-36/h11,13,15-17,21-25,31H,8-10,12,14,18-20,26-27H2,1-7H3,(H,61,62)/t31-/m1/s1. The van der Waals surface area contributed by atoms with Gasteiger partial charge in [-0.2, -0.15) is 5.10 Å². The number of rotatable bonds is 11. The van der Waals surface area contributed by atoms with Crippen molar-refractivity contribution in [1.29, 1.82) is 0 Å². The lowest BCUT2D eigenvalue weighted by Gasteiger charge is -2.35. The van der Waals surface area contributed by atoms with Gasteiger partial charge in [0.15, 0.2) is 0 Å². The third kappa shape index (κ3) is 7.52. The fraction of sp³-hybridized carbons (Fsp3) is 0.360. The number of carboxylic acids is 1. The summed E-state index contributed by atoms with van der Waals surface area (Å²) in [4.78, 5) is 37.9. The second kappa shape index (κ2) is 16.7. The molecule has 1 atom stereocenters. The number of hydrogen-bond acceptors (Lipinski definition) is 6. The molecule has 11 nitrogen and oxygen atoms in total. The molecule has 0 bridgehead atoms. The Morgan fingerprint density at radius 2 is 1.67 bits per heavy atom. The number of carboxylic acid groups (broad SMARTS) is 1. The van der Waals surface area contributed by atoms with E-state index < -0.39 is 5.97 Å². The second-order valence-corrected chi connectivity index (χ2v) is 18.2. The van der Waals surface area contributed by atoms with Crippen molar-refractivity contribution in [3.05, 3.63) is 121 Å². The van der Waals surface area contributed by atoms with Gasteiger partial charge in [-0.05, 0) is 144 Å². The van der Waals surface area contributed by atoms with Gasteiger partial charge in [-0.25, -0.2) is 9.78 Å². The van der Waals surface area contributed by atoms with E-state index in [4.69, 9.17) is 38.0 Å². The van der Waals surface area contributed by atoms with E-state index in [1.54, 1.807) is 6.07 Å². The van der Waals surface area contributed by atoms with Gasteiger partial charge in [0.25, 0.3) is 5.91 Å². The molecule has 2 aliphatic rings. The number of carbonyl (C=O) groups excluding carboxylic acids is 1. The van der Waals surface area contributed by atoms with E-state index in [0.717, 1.165) is 109 Å². The molecule has 63 heavy (non-hydrogen) atoms. The van der Waals surface area contributed by atoms with Gasteiger partial charge in [-0.3, -0.25) is 9.48 Å². The molecule has 0 radical (unpaired) electrons. The number of aromatic carboxylic acids is 1. The van der Waals surface area contributed by atoms with Gasteiger partial charge >= 0.3 is 5.97 Å². The third-order valence-corrected chi connectivity index (χ3v) is 13.9. The largest absolute Gasteiger partial charge is 0.494 e. The van der Waals surface area contributed by atoms with E-state index >= 15 is 4.79 Å². The number of ether oxygens (including phenoxy) is 1. The van der Waals surface area contributed by atoms with Crippen LogP contribution in [0.25, 0.3) is 32.9 Å². The van der Waals surface area contributed by atoms with E-state index in [0.29, 0.717) is 47.9 Å². The molecule has 0 aliphatic carbocycles. The third-order valence-electron chi connectivity index (χ3n) is 13.0. The number of carbonyl (C=O) groups is 2. The number of anilines is 2. The van der Waals surface area contributed by atoms with Crippen LogP contribution in [0, 0.1) is 34.6 Å². The number of fused-ring (bicyclic) bond motifs is 4. The molecule has 6 heterocycles. The number of aromatic nitrogens is 5. The number of halogens is 2. The zero-order valence-corrected chi connectivity index (χ0v) is 38.5. The molecule has 1 N–H and O–H groups in total. The first-order valence-corrected chi connectivity index (χ1v) is 22.6. The average Bonchev–Trinajstić information content (AvgIpc) is 3.88. The number of nitrogens with zero attached hydrogens (tertiary/aromatic N) is 7. The summed E-state index contributed by atoms with van der Waals surface area (Å²) < 4.78 is 12.2. The van der Waals surface area contributed by atoms with Crippen molar-refractivity contribution in [2.75, 3.05) is 36.0 Å². The SMILES string of the molecule is Cc1cc(N2C[C@@H](C)n3c(c(CCCOc4cc(C)c(Cl)c(C)c4)c4ccc(Cl)c(-c5c(C)nn(C)c5C)c43)C2=O)c2c(c1)cc(C(=O)O)n2Cc1cccc(N2CCCCC2)n1. The molecule has 7 aromatic rings. The van der Waals surface area contributed by atoms with E-state index in [-0.39, 0.29) is 24.2 Å². The summed E-state index contributed by atoms with van der Waals surface area (Å²) in [5, 5.41) is 18.4. The Labute approximate surface area is 377 Å². The van der Waals surface area contributed by atoms with Crippen molar-refractivity contribution in [2.45, 2.75) is 86.2 Å². The van der Waals surface area contributed by atoms with Gasteiger partial charge in [-0.15, -0.1) is 0 Å². The summed E-state index contributed by atoms with van der Waals surface area (Å²) in [6, 6.07) is 19.4. The molecular formula is C50H53Cl2N7O4. The maximum atomic E-state index is 15.6. The van der Waals surface area contributed by atoms with Gasteiger partial charge in [0.05, 0.1) is 46.3 Å². The molecule has 4 aromatic heterocycles. The Balaban J connectivity index is 1.18. The van der Waals surface area contributed by atoms with Crippen LogP contribution >= 0.6 is 23.2 Å². The van der Waals surface area contributed by atoms with Gasteiger partial charge in [0.1, 0.15) is 23.0 Å². The molecule has 1 saturated heterocycles. The zero-order valence-electron chi connectivity index (χ0n) is 37.0. The molecule has 2 aliphatic heterocycles. The van der Waals surface area contributed by atoms with Crippen LogP contribution in [0.15, 0.2) is 60.7 Å². The Kier molecular flexibility index (Phi) is 11.3. The minimum Gasteiger partial charge on any atom is -0.494 e. The van der Waals surface area contributed by atoms with Crippen molar-refractivity contribution in [3.8, 4) is 16.9 Å². The zero-order chi connectivity index (χ0) is 44.4. The number of amides is 1. The summed E-state index contributed by atoms with van der Waals surface area (Å²) in [7, 11) is 1.93. The number of pyridine rings is 1. The average molecular weight is 887 g/mol. The molecule has 0 saturated carbocycles. The quantitative estimate of drug-likeness (QED) is 0.129. The smallest absolute Gasteiger partial charge is 0.352 e. The number of aryl methyl sites for hydroxylation is 6. The lowest BCUT2D eigenvalue weighted by molar-refractivity contribution is 0.0686. The first-order valence-electron chi connectivity index (χ1n) is 21.9. The molecular weight excluding hydrogens is 834 g/mol. The highest BCUT2D eigenvalue weighted by atomic mass is 35.5. The number of benzene rings is 3. The van der Waals surface area contributed by atoms with E-state index in [2.05, 4.69) is 16.4 Å². The van der Waals surface area contributed by atoms with Crippen LogP contribution in [-0.2, 0) is 20.0 Å². The normalized spacial score (nSPS) is 15.5. The van der Waals surface area contributed by atoms with Crippen molar-refractivity contribution < 1.29 is 19.4 Å².